The monoisotopic (exact) mass is 249 g/mol. The van der Waals surface area contributed by atoms with Crippen LogP contribution in [0.3, 0.4) is 0 Å². The fourth-order valence-corrected chi connectivity index (χ4v) is 2.18. The van der Waals surface area contributed by atoms with Crippen LogP contribution in [0.1, 0.15) is 5.56 Å². The predicted octanol–water partition coefficient (Wildman–Crippen LogP) is 0.390. The van der Waals surface area contributed by atoms with E-state index in [1.807, 2.05) is 0 Å². The molecule has 2 N–H and O–H groups in total. The Morgan fingerprint density at radius 1 is 1.53 bits per heavy atom. The number of nitrogens with one attached hydrogen (secondary N) is 1. The van der Waals surface area contributed by atoms with Crippen molar-refractivity contribution in [3.63, 3.8) is 0 Å². The van der Waals surface area contributed by atoms with E-state index in [0.29, 0.717) is 14.9 Å². The van der Waals surface area contributed by atoms with Gasteiger partial charge in [0, 0.05) is 0 Å². The number of hydrogen-bond donors (Lipinski definition) is 2. The van der Waals surface area contributed by atoms with Crippen molar-refractivity contribution in [2.75, 3.05) is 7.11 Å². The van der Waals surface area contributed by atoms with Gasteiger partial charge in [-0.05, 0) is 23.8 Å². The Balaban J connectivity index is 2.53. The summed E-state index contributed by atoms with van der Waals surface area (Å²) in [5.41, 5.74) is 0.561. The molecule has 0 saturated carbocycles. The molecule has 4 nitrogen and oxygen atoms in total. The van der Waals surface area contributed by atoms with Gasteiger partial charge in [0.05, 0.1) is 16.3 Å². The summed E-state index contributed by atoms with van der Waals surface area (Å²) in [5, 5.41) is 9.60. The van der Waals surface area contributed by atoms with Gasteiger partial charge in [0.2, 0.25) is 0 Å². The van der Waals surface area contributed by atoms with Crippen molar-refractivity contribution >= 4 is 24.0 Å². The molecule has 0 aliphatic carbocycles. The zero-order valence-electron chi connectivity index (χ0n) is 9.19. The van der Waals surface area contributed by atoms with Crippen molar-refractivity contribution in [3.8, 4) is 11.5 Å². The third-order valence-corrected chi connectivity index (χ3v) is 3.08. The minimum absolute atomic E-state index is 0.0454. The highest BCUT2D eigenvalue weighted by molar-refractivity contribution is 7.07. The van der Waals surface area contributed by atoms with Gasteiger partial charge in [-0.1, -0.05) is 12.6 Å². The Morgan fingerprint density at radius 2 is 2.29 bits per heavy atom. The average Bonchev–Trinajstić information content (AvgIpc) is 2.58. The number of H-pyrrole nitrogens is 1. The van der Waals surface area contributed by atoms with Crippen molar-refractivity contribution < 1.29 is 9.84 Å². The van der Waals surface area contributed by atoms with E-state index in [-0.39, 0.29) is 11.3 Å². The summed E-state index contributed by atoms with van der Waals surface area (Å²) in [7, 11) is 1.48. The van der Waals surface area contributed by atoms with Crippen LogP contribution in [0, 0.1) is 0 Å². The first-order valence-corrected chi connectivity index (χ1v) is 5.68. The maximum atomic E-state index is 11.4. The van der Waals surface area contributed by atoms with Crippen LogP contribution in [0.5, 0.6) is 11.5 Å². The number of benzene rings is 1. The topological polar surface area (TPSA) is 62.3 Å². The molecular weight excluding hydrogens is 238 g/mol. The molecule has 0 saturated heterocycles. The third-order valence-electron chi connectivity index (χ3n) is 2.21. The lowest BCUT2D eigenvalue weighted by molar-refractivity contribution is 0.373. The van der Waals surface area contributed by atoms with Crippen molar-refractivity contribution in [1.29, 1.82) is 0 Å². The standard InChI is InChI=1S/C12H11NO3S/c1-7-13-12(15)11(17-7)6-8-3-4-10(16-2)9(14)5-8/h3-6,14H,1H2,2H3,(H,13,15)/b11-6+. The molecule has 1 heterocycles. The Morgan fingerprint density at radius 3 is 2.82 bits per heavy atom. The number of phenolic OH excluding ortho intramolecular Hbond substituents is 1. The summed E-state index contributed by atoms with van der Waals surface area (Å²) in [6.45, 7) is 3.66. The lowest BCUT2D eigenvalue weighted by atomic mass is 10.2. The van der Waals surface area contributed by atoms with E-state index in [1.165, 1.54) is 18.4 Å². The number of aromatic amines is 1. The molecule has 88 valence electrons. The fourth-order valence-electron chi connectivity index (χ4n) is 1.44. The minimum atomic E-state index is -0.171. The first-order valence-electron chi connectivity index (χ1n) is 4.87. The SMILES string of the molecule is C=c1[nH]c(=O)/c(=C\c2ccc(OC)c(O)c2)s1. The smallest absolute Gasteiger partial charge is 0.266 e. The molecule has 0 aliphatic heterocycles. The molecule has 0 aliphatic rings. The summed E-state index contributed by atoms with van der Waals surface area (Å²) >= 11 is 1.28. The van der Waals surface area contributed by atoms with Crippen molar-refractivity contribution in [2.24, 2.45) is 0 Å². The van der Waals surface area contributed by atoms with Gasteiger partial charge in [0.25, 0.3) is 5.56 Å². The highest BCUT2D eigenvalue weighted by atomic mass is 32.1. The van der Waals surface area contributed by atoms with Crippen LogP contribution in [0.2, 0.25) is 0 Å². The molecule has 1 aromatic heterocycles. The van der Waals surface area contributed by atoms with E-state index in [1.54, 1.807) is 24.3 Å². The number of aromatic hydroxyl groups is 1. The number of rotatable bonds is 2. The zero-order valence-corrected chi connectivity index (χ0v) is 10.0. The van der Waals surface area contributed by atoms with E-state index < -0.39 is 0 Å². The highest BCUT2D eigenvalue weighted by Crippen LogP contribution is 2.26. The molecule has 0 fully saturated rings. The van der Waals surface area contributed by atoms with Crippen molar-refractivity contribution in [3.05, 3.63) is 43.3 Å². The van der Waals surface area contributed by atoms with Crippen LogP contribution < -0.4 is 19.5 Å². The Hall–Kier alpha value is -2.01. The lowest BCUT2D eigenvalue weighted by Crippen LogP contribution is -2.19. The first-order chi connectivity index (χ1) is 8.10. The molecule has 5 heteroatoms. The van der Waals surface area contributed by atoms with Gasteiger partial charge in [0.1, 0.15) is 0 Å². The van der Waals surface area contributed by atoms with Gasteiger partial charge in [0.15, 0.2) is 11.5 Å². The van der Waals surface area contributed by atoms with Crippen LogP contribution in [0.25, 0.3) is 12.7 Å². The first kappa shape index (κ1) is 11.5. The quantitative estimate of drug-likeness (QED) is 0.809. The van der Waals surface area contributed by atoms with Crippen molar-refractivity contribution in [2.45, 2.75) is 0 Å². The molecule has 1 aromatic carbocycles. The van der Waals surface area contributed by atoms with E-state index in [9.17, 15) is 9.90 Å². The minimum Gasteiger partial charge on any atom is -0.504 e. The molecule has 0 radical (unpaired) electrons. The van der Waals surface area contributed by atoms with Gasteiger partial charge in [-0.25, -0.2) is 0 Å². The summed E-state index contributed by atoms with van der Waals surface area (Å²) < 4.78 is 6.10. The number of ether oxygens (including phenoxy) is 1. The molecule has 0 unspecified atom stereocenters. The van der Waals surface area contributed by atoms with Gasteiger partial charge < -0.3 is 14.8 Å². The third kappa shape index (κ3) is 2.39. The zero-order chi connectivity index (χ0) is 12.4. The highest BCUT2D eigenvalue weighted by Gasteiger charge is 2.01. The van der Waals surface area contributed by atoms with Gasteiger partial charge in [-0.15, -0.1) is 11.3 Å². The molecule has 0 amide bonds. The normalized spacial score (nSPS) is 11.7. The molecule has 17 heavy (non-hydrogen) atoms. The van der Waals surface area contributed by atoms with E-state index in [4.69, 9.17) is 4.74 Å². The predicted molar refractivity (Wildman–Crippen MR) is 67.9 cm³/mol. The average molecular weight is 249 g/mol. The summed E-state index contributed by atoms with van der Waals surface area (Å²) in [5.74, 6) is 0.448. The van der Waals surface area contributed by atoms with Crippen molar-refractivity contribution in [1.82, 2.24) is 4.98 Å². The summed E-state index contributed by atoms with van der Waals surface area (Å²) in [4.78, 5) is 14.0. The lowest BCUT2D eigenvalue weighted by Gasteiger charge is -2.02. The van der Waals surface area contributed by atoms with Crippen LogP contribution in [0.4, 0.5) is 0 Å². The van der Waals surface area contributed by atoms with Gasteiger partial charge in [-0.3, -0.25) is 4.79 Å². The maximum Gasteiger partial charge on any atom is 0.266 e. The van der Waals surface area contributed by atoms with E-state index in [2.05, 4.69) is 11.6 Å². The second kappa shape index (κ2) is 4.47. The fraction of sp³-hybridized carbons (Fsp3) is 0.0833. The molecule has 0 spiro atoms. The molecular formula is C12H11NO3S. The Labute approximate surface area is 101 Å². The van der Waals surface area contributed by atoms with Crippen LogP contribution in [0.15, 0.2) is 23.0 Å². The second-order valence-corrected chi connectivity index (χ2v) is 4.56. The van der Waals surface area contributed by atoms with Gasteiger partial charge >= 0.3 is 0 Å². The second-order valence-electron chi connectivity index (χ2n) is 3.42. The number of methoxy groups -OCH3 is 1. The van der Waals surface area contributed by atoms with Crippen LogP contribution in [-0.4, -0.2) is 17.2 Å². The Kier molecular flexibility index (Phi) is 3.01. The van der Waals surface area contributed by atoms with E-state index >= 15 is 0 Å². The molecule has 2 aromatic rings. The van der Waals surface area contributed by atoms with Crippen LogP contribution >= 0.6 is 11.3 Å². The van der Waals surface area contributed by atoms with E-state index in [0.717, 1.165) is 5.56 Å². The number of aromatic nitrogens is 1. The van der Waals surface area contributed by atoms with Crippen LogP contribution in [-0.2, 0) is 0 Å². The summed E-state index contributed by atoms with van der Waals surface area (Å²) in [6.07, 6.45) is 1.69. The van der Waals surface area contributed by atoms with Gasteiger partial charge in [-0.2, -0.15) is 0 Å². The maximum absolute atomic E-state index is 11.4. The molecule has 0 bridgehead atoms. The number of thiazole rings is 1. The molecule has 2 rings (SSSR count). The molecule has 0 atom stereocenters. The Bertz CT molecular complexity index is 699. The number of phenols is 1. The largest absolute Gasteiger partial charge is 0.504 e. The number of hydrogen-bond acceptors (Lipinski definition) is 4. The summed E-state index contributed by atoms with van der Waals surface area (Å²) in [6, 6.07) is 4.95.